The second-order valence-corrected chi connectivity index (χ2v) is 3.66. The van der Waals surface area contributed by atoms with E-state index in [1.807, 2.05) is 0 Å². The Kier molecular flexibility index (Phi) is 3.04. The van der Waals surface area contributed by atoms with Crippen molar-refractivity contribution in [3.63, 3.8) is 0 Å². The molecule has 0 atom stereocenters. The maximum Gasteiger partial charge on any atom is 0.171 e. The topological polar surface area (TPSA) is 18.5 Å². The Labute approximate surface area is 84.8 Å². The van der Waals surface area contributed by atoms with Gasteiger partial charge in [-0.25, -0.2) is 0 Å². The predicted octanol–water partition coefficient (Wildman–Crippen LogP) is 2.90. The first kappa shape index (κ1) is 9.53. The maximum atomic E-state index is 5.33. The largest absolute Gasteiger partial charge is 0.337 e. The molecule has 1 aromatic rings. The van der Waals surface area contributed by atoms with Crippen LogP contribution in [0.25, 0.3) is 0 Å². The van der Waals surface area contributed by atoms with E-state index in [1.54, 1.807) is 0 Å². The summed E-state index contributed by atoms with van der Waals surface area (Å²) in [5, 5.41) is 0. The molecule has 1 aromatic carbocycles. The van der Waals surface area contributed by atoms with E-state index < -0.39 is 0 Å². The van der Waals surface area contributed by atoms with Crippen LogP contribution in [0.1, 0.15) is 30.9 Å². The van der Waals surface area contributed by atoms with Crippen LogP contribution in [0, 0.1) is 0 Å². The highest BCUT2D eigenvalue weighted by Gasteiger charge is 2.13. The molecule has 0 radical (unpaired) electrons. The Balaban J connectivity index is 2.32. The number of hydrogen-bond donors (Lipinski definition) is 0. The number of hydrogen-bond acceptors (Lipinski definition) is 2. The average molecular weight is 192 g/mol. The lowest BCUT2D eigenvalue weighted by atomic mass is 10.0. The van der Waals surface area contributed by atoms with Crippen LogP contribution in [0.2, 0.25) is 0 Å². The summed E-state index contributed by atoms with van der Waals surface area (Å²) in [6.45, 7) is 2.87. The molecule has 2 nitrogen and oxygen atoms in total. The second kappa shape index (κ2) is 4.47. The summed E-state index contributed by atoms with van der Waals surface area (Å²) < 4.78 is 0. The third-order valence-electron chi connectivity index (χ3n) is 2.51. The van der Waals surface area contributed by atoms with Crippen molar-refractivity contribution >= 4 is 0 Å². The normalized spacial score (nSPS) is 15.5. The van der Waals surface area contributed by atoms with Crippen LogP contribution in [-0.4, -0.2) is 6.61 Å². The van der Waals surface area contributed by atoms with E-state index in [9.17, 15) is 0 Å². The Morgan fingerprint density at radius 3 is 3.14 bits per heavy atom. The summed E-state index contributed by atoms with van der Waals surface area (Å²) in [6, 6.07) is 6.36. The van der Waals surface area contributed by atoms with Crippen molar-refractivity contribution in [1.29, 1.82) is 0 Å². The van der Waals surface area contributed by atoms with Crippen LogP contribution in [0.15, 0.2) is 18.2 Å². The molecule has 0 aromatic heterocycles. The van der Waals surface area contributed by atoms with Crippen LogP contribution in [-0.2, 0) is 17.7 Å². The summed E-state index contributed by atoms with van der Waals surface area (Å²) in [4.78, 5) is 10.4. The van der Waals surface area contributed by atoms with Gasteiger partial charge in [-0.05, 0) is 30.4 Å². The monoisotopic (exact) mass is 192 g/mol. The molecular weight excluding hydrogens is 176 g/mol. The molecule has 0 saturated carbocycles. The summed E-state index contributed by atoms with van der Waals surface area (Å²) >= 11 is 0. The number of para-hydroxylation sites is 1. The summed E-state index contributed by atoms with van der Waals surface area (Å²) in [6.07, 6.45) is 4.31. The maximum absolute atomic E-state index is 5.33. The van der Waals surface area contributed by atoms with E-state index in [4.69, 9.17) is 9.78 Å². The molecule has 0 unspecified atom stereocenters. The van der Waals surface area contributed by atoms with Gasteiger partial charge in [0.15, 0.2) is 5.75 Å². The molecule has 0 fully saturated rings. The van der Waals surface area contributed by atoms with Gasteiger partial charge in [-0.15, -0.1) is 0 Å². The van der Waals surface area contributed by atoms with Crippen molar-refractivity contribution in [1.82, 2.24) is 0 Å². The molecular formula is C12H16O2. The lowest BCUT2D eigenvalue weighted by Crippen LogP contribution is -1.99. The standard InChI is InChI=1S/C12H16O2/c1-2-5-10-6-3-7-11-8-4-9-13-14-12(10)11/h3,6-7H,2,4-5,8-9H2,1H3. The van der Waals surface area contributed by atoms with E-state index in [-0.39, 0.29) is 0 Å². The minimum absolute atomic E-state index is 0.695. The van der Waals surface area contributed by atoms with Gasteiger partial charge in [-0.2, -0.15) is 4.89 Å². The van der Waals surface area contributed by atoms with Gasteiger partial charge in [0.1, 0.15) is 0 Å². The first-order valence-electron chi connectivity index (χ1n) is 5.32. The quantitative estimate of drug-likeness (QED) is 0.671. The molecule has 0 spiro atoms. The van der Waals surface area contributed by atoms with E-state index in [2.05, 4.69) is 25.1 Å². The number of aryl methyl sites for hydroxylation is 2. The first-order chi connectivity index (χ1) is 6.92. The highest BCUT2D eigenvalue weighted by molar-refractivity contribution is 5.41. The minimum atomic E-state index is 0.695. The van der Waals surface area contributed by atoms with E-state index >= 15 is 0 Å². The van der Waals surface area contributed by atoms with Crippen molar-refractivity contribution in [2.24, 2.45) is 0 Å². The molecule has 0 bridgehead atoms. The van der Waals surface area contributed by atoms with E-state index in [0.717, 1.165) is 31.4 Å². The van der Waals surface area contributed by atoms with Gasteiger partial charge in [-0.3, -0.25) is 0 Å². The predicted molar refractivity (Wildman–Crippen MR) is 55.3 cm³/mol. The number of rotatable bonds is 2. The fraction of sp³-hybridized carbons (Fsp3) is 0.500. The molecule has 2 heteroatoms. The van der Waals surface area contributed by atoms with Crippen molar-refractivity contribution in [2.45, 2.75) is 32.6 Å². The van der Waals surface area contributed by atoms with Gasteiger partial charge in [0.2, 0.25) is 0 Å². The van der Waals surface area contributed by atoms with Crippen LogP contribution < -0.4 is 4.89 Å². The Morgan fingerprint density at radius 2 is 2.29 bits per heavy atom. The van der Waals surface area contributed by atoms with Crippen molar-refractivity contribution < 1.29 is 9.78 Å². The van der Waals surface area contributed by atoms with Gasteiger partial charge in [0, 0.05) is 0 Å². The fourth-order valence-corrected chi connectivity index (χ4v) is 1.83. The summed E-state index contributed by atoms with van der Waals surface area (Å²) in [7, 11) is 0. The van der Waals surface area contributed by atoms with Gasteiger partial charge in [-0.1, -0.05) is 31.5 Å². The lowest BCUT2D eigenvalue weighted by Gasteiger charge is -2.09. The average Bonchev–Trinajstić information content (AvgIpc) is 2.44. The minimum Gasteiger partial charge on any atom is -0.337 e. The molecule has 0 N–H and O–H groups in total. The third kappa shape index (κ3) is 1.90. The number of benzene rings is 1. The molecule has 0 saturated heterocycles. The fourth-order valence-electron chi connectivity index (χ4n) is 1.83. The SMILES string of the molecule is CCCc1cccc2c1OOCCC2. The molecule has 14 heavy (non-hydrogen) atoms. The zero-order chi connectivity index (χ0) is 9.80. The summed E-state index contributed by atoms with van der Waals surface area (Å²) in [5.74, 6) is 0.965. The lowest BCUT2D eigenvalue weighted by molar-refractivity contribution is -0.204. The molecule has 2 rings (SSSR count). The van der Waals surface area contributed by atoms with Crippen LogP contribution >= 0.6 is 0 Å². The third-order valence-corrected chi connectivity index (χ3v) is 2.51. The second-order valence-electron chi connectivity index (χ2n) is 3.66. The van der Waals surface area contributed by atoms with E-state index in [0.29, 0.717) is 6.61 Å². The van der Waals surface area contributed by atoms with Gasteiger partial charge < -0.3 is 4.89 Å². The molecule has 0 amide bonds. The molecule has 0 aliphatic carbocycles. The van der Waals surface area contributed by atoms with Crippen molar-refractivity contribution in [2.75, 3.05) is 6.61 Å². The zero-order valence-electron chi connectivity index (χ0n) is 8.58. The molecule has 1 heterocycles. The highest BCUT2D eigenvalue weighted by atomic mass is 17.2. The Morgan fingerprint density at radius 1 is 1.36 bits per heavy atom. The Hall–Kier alpha value is -1.02. The molecule has 1 aliphatic heterocycles. The van der Waals surface area contributed by atoms with Crippen LogP contribution in [0.5, 0.6) is 5.75 Å². The zero-order valence-corrected chi connectivity index (χ0v) is 8.58. The number of fused-ring (bicyclic) bond motifs is 1. The summed E-state index contributed by atoms with van der Waals surface area (Å²) in [5.41, 5.74) is 2.56. The van der Waals surface area contributed by atoms with E-state index in [1.165, 1.54) is 11.1 Å². The Bertz CT molecular complexity index is 307. The van der Waals surface area contributed by atoms with Crippen molar-refractivity contribution in [3.05, 3.63) is 29.3 Å². The van der Waals surface area contributed by atoms with Crippen LogP contribution in [0.4, 0.5) is 0 Å². The van der Waals surface area contributed by atoms with Gasteiger partial charge in [0.05, 0.1) is 6.61 Å². The van der Waals surface area contributed by atoms with Gasteiger partial charge in [0.25, 0.3) is 0 Å². The first-order valence-corrected chi connectivity index (χ1v) is 5.32. The molecule has 76 valence electrons. The highest BCUT2D eigenvalue weighted by Crippen LogP contribution is 2.28. The van der Waals surface area contributed by atoms with Crippen molar-refractivity contribution in [3.8, 4) is 5.75 Å². The van der Waals surface area contributed by atoms with Gasteiger partial charge >= 0.3 is 0 Å². The van der Waals surface area contributed by atoms with Crippen LogP contribution in [0.3, 0.4) is 0 Å². The smallest absolute Gasteiger partial charge is 0.171 e. The molecule has 1 aliphatic rings.